The third-order valence-corrected chi connectivity index (χ3v) is 4.10. The number of nitriles is 1. The van der Waals surface area contributed by atoms with E-state index in [-0.39, 0.29) is 10.0 Å². The molecule has 0 fully saturated rings. The molecule has 2 N–H and O–H groups in total. The molecule has 6 heteroatoms. The Kier molecular flexibility index (Phi) is 3.84. The minimum atomic E-state index is -0.463. The second kappa shape index (κ2) is 5.38. The van der Waals surface area contributed by atoms with Gasteiger partial charge in [0, 0.05) is 16.0 Å². The molecule has 0 radical (unpaired) electrons. The first kappa shape index (κ1) is 12.9. The number of rotatable bonds is 2. The Bertz CT molecular complexity index is 640. The molecule has 0 saturated heterocycles. The monoisotopic (exact) mass is 323 g/mol. The maximum atomic E-state index is 14.0. The van der Waals surface area contributed by atoms with Crippen LogP contribution in [-0.2, 0) is 0 Å². The molecule has 1 heterocycles. The molecular weight excluding hydrogens is 317 g/mol. The molecule has 0 spiro atoms. The Morgan fingerprint density at radius 2 is 2.11 bits per heavy atom. The average Bonchev–Trinajstić information content (AvgIpc) is 2.38. The summed E-state index contributed by atoms with van der Waals surface area (Å²) in [4.78, 5) is 4.99. The Morgan fingerprint density at radius 1 is 1.33 bits per heavy atom. The second-order valence-electron chi connectivity index (χ2n) is 3.37. The van der Waals surface area contributed by atoms with E-state index in [4.69, 9.17) is 11.0 Å². The van der Waals surface area contributed by atoms with Gasteiger partial charge in [-0.05, 0) is 34.1 Å². The third kappa shape index (κ3) is 2.47. The SMILES string of the molecule is N#Cc1ccc(Sc2ccncc2N)c(F)c1Br. The molecule has 0 aliphatic rings. The van der Waals surface area contributed by atoms with E-state index in [1.165, 1.54) is 18.0 Å². The first-order chi connectivity index (χ1) is 8.63. The number of benzene rings is 1. The predicted octanol–water partition coefficient (Wildman–Crippen LogP) is 3.59. The summed E-state index contributed by atoms with van der Waals surface area (Å²) in [5, 5.41) is 8.79. The van der Waals surface area contributed by atoms with E-state index >= 15 is 0 Å². The van der Waals surface area contributed by atoms with Gasteiger partial charge >= 0.3 is 0 Å². The minimum Gasteiger partial charge on any atom is -0.397 e. The van der Waals surface area contributed by atoms with Gasteiger partial charge in [0.15, 0.2) is 5.82 Å². The topological polar surface area (TPSA) is 62.7 Å². The number of halogens is 2. The summed E-state index contributed by atoms with van der Waals surface area (Å²) in [6, 6.07) is 6.74. The number of hydrogen-bond acceptors (Lipinski definition) is 4. The van der Waals surface area contributed by atoms with Crippen molar-refractivity contribution in [2.75, 3.05) is 5.73 Å². The minimum absolute atomic E-state index is 0.169. The molecular formula is C12H7BrFN3S. The van der Waals surface area contributed by atoms with Gasteiger partial charge in [0.25, 0.3) is 0 Å². The van der Waals surface area contributed by atoms with E-state index in [2.05, 4.69) is 20.9 Å². The molecule has 0 unspecified atom stereocenters. The van der Waals surface area contributed by atoms with Gasteiger partial charge in [-0.15, -0.1) is 0 Å². The number of nitrogen functional groups attached to an aromatic ring is 1. The Hall–Kier alpha value is -1.58. The van der Waals surface area contributed by atoms with Crippen molar-refractivity contribution in [2.45, 2.75) is 9.79 Å². The van der Waals surface area contributed by atoms with Crippen molar-refractivity contribution in [1.82, 2.24) is 4.98 Å². The summed E-state index contributed by atoms with van der Waals surface area (Å²) in [5.41, 5.74) is 6.49. The molecule has 0 saturated carbocycles. The van der Waals surface area contributed by atoms with E-state index in [1.807, 2.05) is 6.07 Å². The van der Waals surface area contributed by atoms with Crippen molar-refractivity contribution >= 4 is 33.4 Å². The Morgan fingerprint density at radius 3 is 2.78 bits per heavy atom. The lowest BCUT2D eigenvalue weighted by atomic mass is 10.2. The quantitative estimate of drug-likeness (QED) is 0.917. The maximum Gasteiger partial charge on any atom is 0.152 e. The van der Waals surface area contributed by atoms with Crippen LogP contribution in [-0.4, -0.2) is 4.98 Å². The third-order valence-electron chi connectivity index (χ3n) is 2.20. The molecule has 0 bridgehead atoms. The highest BCUT2D eigenvalue weighted by Gasteiger charge is 2.13. The van der Waals surface area contributed by atoms with Crippen LogP contribution in [0.2, 0.25) is 0 Å². The zero-order chi connectivity index (χ0) is 13.1. The number of anilines is 1. The van der Waals surface area contributed by atoms with Crippen LogP contribution in [0.25, 0.3) is 0 Å². The molecule has 0 aliphatic heterocycles. The van der Waals surface area contributed by atoms with Crippen molar-refractivity contribution in [3.05, 3.63) is 46.4 Å². The van der Waals surface area contributed by atoms with Crippen molar-refractivity contribution in [3.63, 3.8) is 0 Å². The summed E-state index contributed by atoms with van der Waals surface area (Å²) >= 11 is 4.26. The van der Waals surface area contributed by atoms with Gasteiger partial charge in [-0.1, -0.05) is 11.8 Å². The van der Waals surface area contributed by atoms with E-state index in [0.29, 0.717) is 10.6 Å². The summed E-state index contributed by atoms with van der Waals surface area (Å²) < 4.78 is 14.2. The van der Waals surface area contributed by atoms with E-state index in [1.54, 1.807) is 24.4 Å². The fourth-order valence-corrected chi connectivity index (χ4v) is 2.73. The molecule has 0 aliphatic carbocycles. The van der Waals surface area contributed by atoms with Crippen LogP contribution in [0.1, 0.15) is 5.56 Å². The predicted molar refractivity (Wildman–Crippen MR) is 71.6 cm³/mol. The lowest BCUT2D eigenvalue weighted by molar-refractivity contribution is 0.594. The van der Waals surface area contributed by atoms with E-state index in [0.717, 1.165) is 4.90 Å². The van der Waals surface area contributed by atoms with Gasteiger partial charge in [0.1, 0.15) is 6.07 Å². The lowest BCUT2D eigenvalue weighted by Gasteiger charge is -2.07. The lowest BCUT2D eigenvalue weighted by Crippen LogP contribution is -1.91. The second-order valence-corrected chi connectivity index (χ2v) is 5.24. The fourth-order valence-electron chi connectivity index (χ4n) is 1.30. The standard InChI is InChI=1S/C12H7BrFN3S/c13-11-7(5-15)1-2-10(12(11)14)18-9-3-4-17-6-8(9)16/h1-4,6H,16H2. The molecule has 0 atom stereocenters. The van der Waals surface area contributed by atoms with Crippen molar-refractivity contribution in [3.8, 4) is 6.07 Å². The molecule has 90 valence electrons. The molecule has 2 rings (SSSR count). The molecule has 3 nitrogen and oxygen atoms in total. The van der Waals surface area contributed by atoms with E-state index in [9.17, 15) is 4.39 Å². The molecule has 1 aromatic carbocycles. The first-order valence-electron chi connectivity index (χ1n) is 4.89. The van der Waals surface area contributed by atoms with Crippen LogP contribution in [0.3, 0.4) is 0 Å². The highest BCUT2D eigenvalue weighted by atomic mass is 79.9. The van der Waals surface area contributed by atoms with E-state index < -0.39 is 5.82 Å². The van der Waals surface area contributed by atoms with Crippen molar-refractivity contribution in [1.29, 1.82) is 5.26 Å². The highest BCUT2D eigenvalue weighted by Crippen LogP contribution is 2.36. The van der Waals surface area contributed by atoms with Gasteiger partial charge in [0.05, 0.1) is 21.9 Å². The Balaban J connectivity index is 2.40. The van der Waals surface area contributed by atoms with Crippen LogP contribution >= 0.6 is 27.7 Å². The zero-order valence-electron chi connectivity index (χ0n) is 9.02. The van der Waals surface area contributed by atoms with Crippen molar-refractivity contribution < 1.29 is 4.39 Å². The fraction of sp³-hybridized carbons (Fsp3) is 0. The largest absolute Gasteiger partial charge is 0.397 e. The van der Waals surface area contributed by atoms with Gasteiger partial charge in [0.2, 0.25) is 0 Å². The average molecular weight is 324 g/mol. The normalized spacial score (nSPS) is 10.1. The number of aromatic nitrogens is 1. The van der Waals surface area contributed by atoms with Gasteiger partial charge in [-0.25, -0.2) is 4.39 Å². The number of pyridine rings is 1. The van der Waals surface area contributed by atoms with Crippen LogP contribution in [0.5, 0.6) is 0 Å². The van der Waals surface area contributed by atoms with Crippen LogP contribution in [0, 0.1) is 17.1 Å². The number of nitrogens with two attached hydrogens (primary N) is 1. The smallest absolute Gasteiger partial charge is 0.152 e. The molecule has 1 aromatic heterocycles. The zero-order valence-corrected chi connectivity index (χ0v) is 11.4. The summed E-state index contributed by atoms with van der Waals surface area (Å²) in [6.07, 6.45) is 3.11. The van der Waals surface area contributed by atoms with Crippen LogP contribution < -0.4 is 5.73 Å². The Labute approximate surface area is 116 Å². The number of nitrogens with zero attached hydrogens (tertiary/aromatic N) is 2. The highest BCUT2D eigenvalue weighted by molar-refractivity contribution is 9.10. The maximum absolute atomic E-state index is 14.0. The summed E-state index contributed by atoms with van der Waals surface area (Å²) in [7, 11) is 0. The first-order valence-corrected chi connectivity index (χ1v) is 6.50. The summed E-state index contributed by atoms with van der Waals surface area (Å²) in [6.45, 7) is 0. The number of hydrogen-bond donors (Lipinski definition) is 1. The molecule has 2 aromatic rings. The summed E-state index contributed by atoms with van der Waals surface area (Å²) in [5.74, 6) is -0.463. The molecule has 0 amide bonds. The molecule has 18 heavy (non-hydrogen) atoms. The van der Waals surface area contributed by atoms with Gasteiger partial charge < -0.3 is 5.73 Å². The van der Waals surface area contributed by atoms with Crippen LogP contribution in [0.15, 0.2) is 44.9 Å². The van der Waals surface area contributed by atoms with Gasteiger partial charge in [-0.3, -0.25) is 4.98 Å². The van der Waals surface area contributed by atoms with Crippen molar-refractivity contribution in [2.24, 2.45) is 0 Å². The van der Waals surface area contributed by atoms with Crippen LogP contribution in [0.4, 0.5) is 10.1 Å². The van der Waals surface area contributed by atoms with Gasteiger partial charge in [-0.2, -0.15) is 5.26 Å².